The topological polar surface area (TPSA) is 38.9 Å². The molecular weight excluding hydrogens is 805 g/mol. The van der Waals surface area contributed by atoms with E-state index in [2.05, 4.69) is 117 Å². The Bertz CT molecular complexity index is 2170. The molecule has 0 N–H and O–H groups in total. The standard InChI is InChI=1S/C24H16NO.C21H28NSi.Ir/c1-16-10-12-19(17-7-3-2-4-8-17)23-20-13-11-18(15-22(20)26-24(16)23)21-9-5-6-14-25-21;1-23(2,3)21-16-22-20(18-12-8-5-9-13-18)15-19(21)14-17-10-6-4-7-11-17;/h2-14H,1H3;5,8-9,12,15-17H,4,6-7,10-11,14H2,1-3H3;/q2*-1;. The summed E-state index contributed by atoms with van der Waals surface area (Å²) in [5.41, 5.74) is 10.8. The molecule has 50 heavy (non-hydrogen) atoms. The third-order valence-electron chi connectivity index (χ3n) is 9.78. The largest absolute Gasteiger partial charge is 0.476 e. The average Bonchev–Trinajstić information content (AvgIpc) is 3.53. The van der Waals surface area contributed by atoms with Crippen LogP contribution in [0.5, 0.6) is 0 Å². The van der Waals surface area contributed by atoms with E-state index in [4.69, 9.17) is 9.40 Å². The Balaban J connectivity index is 0.000000171. The molecule has 1 radical (unpaired) electrons. The Kier molecular flexibility index (Phi) is 11.3. The van der Waals surface area contributed by atoms with Crippen LogP contribution in [0.2, 0.25) is 19.6 Å². The third-order valence-corrected chi connectivity index (χ3v) is 11.8. The van der Waals surface area contributed by atoms with Crippen LogP contribution in [-0.2, 0) is 26.5 Å². The molecule has 0 unspecified atom stereocenters. The molecule has 3 aromatic heterocycles. The second-order valence-corrected chi connectivity index (χ2v) is 19.4. The first-order chi connectivity index (χ1) is 23.8. The Hall–Kier alpha value is -4.15. The summed E-state index contributed by atoms with van der Waals surface area (Å²) in [4.78, 5) is 9.19. The number of rotatable bonds is 6. The molecule has 0 amide bonds. The van der Waals surface area contributed by atoms with Crippen LogP contribution in [0.4, 0.5) is 0 Å². The number of aryl methyl sites for hydroxylation is 1. The molecule has 1 saturated carbocycles. The van der Waals surface area contributed by atoms with Crippen LogP contribution in [0.3, 0.4) is 0 Å². The van der Waals surface area contributed by atoms with Crippen molar-refractivity contribution in [3.8, 4) is 33.6 Å². The van der Waals surface area contributed by atoms with Crippen LogP contribution >= 0.6 is 0 Å². The van der Waals surface area contributed by atoms with Crippen molar-refractivity contribution in [2.75, 3.05) is 0 Å². The van der Waals surface area contributed by atoms with Crippen molar-refractivity contribution in [3.05, 3.63) is 139 Å². The van der Waals surface area contributed by atoms with Crippen LogP contribution in [0.1, 0.15) is 43.2 Å². The van der Waals surface area contributed by atoms with E-state index in [1.54, 1.807) is 16.9 Å². The maximum atomic E-state index is 6.22. The number of pyridine rings is 2. The van der Waals surface area contributed by atoms with Gasteiger partial charge in [0.1, 0.15) is 5.58 Å². The molecule has 3 heterocycles. The molecule has 1 fully saturated rings. The first-order valence-corrected chi connectivity index (χ1v) is 21.2. The van der Waals surface area contributed by atoms with E-state index in [9.17, 15) is 0 Å². The van der Waals surface area contributed by atoms with Gasteiger partial charge in [0.05, 0.1) is 13.7 Å². The molecule has 0 saturated heterocycles. The normalized spacial score (nSPS) is 13.4. The zero-order chi connectivity index (χ0) is 33.8. The Morgan fingerprint density at radius 2 is 1.56 bits per heavy atom. The number of hydrogen-bond acceptors (Lipinski definition) is 3. The zero-order valence-corrected chi connectivity index (χ0v) is 32.8. The predicted molar refractivity (Wildman–Crippen MR) is 208 cm³/mol. The van der Waals surface area contributed by atoms with Crippen molar-refractivity contribution in [1.29, 1.82) is 0 Å². The third kappa shape index (κ3) is 7.91. The van der Waals surface area contributed by atoms with Crippen LogP contribution in [-0.4, -0.2) is 18.0 Å². The number of aromatic nitrogens is 2. The molecule has 0 bridgehead atoms. The van der Waals surface area contributed by atoms with Gasteiger partial charge in [0.25, 0.3) is 0 Å². The molecule has 1 aliphatic carbocycles. The van der Waals surface area contributed by atoms with Crippen molar-refractivity contribution in [1.82, 2.24) is 9.97 Å². The van der Waals surface area contributed by atoms with E-state index < -0.39 is 8.07 Å². The van der Waals surface area contributed by atoms with Gasteiger partial charge in [-0.25, -0.2) is 0 Å². The van der Waals surface area contributed by atoms with Crippen LogP contribution < -0.4 is 5.19 Å². The summed E-state index contributed by atoms with van der Waals surface area (Å²) in [6.45, 7) is 9.38. The number of hydrogen-bond donors (Lipinski definition) is 0. The number of fused-ring (bicyclic) bond motifs is 3. The molecule has 255 valence electrons. The van der Waals surface area contributed by atoms with Gasteiger partial charge in [-0.15, -0.1) is 53.6 Å². The first-order valence-electron chi connectivity index (χ1n) is 17.7. The smallest absolute Gasteiger partial charge is 0.127 e. The van der Waals surface area contributed by atoms with Gasteiger partial charge in [-0.3, -0.25) is 0 Å². The fourth-order valence-electron chi connectivity index (χ4n) is 7.21. The molecule has 5 heteroatoms. The monoisotopic (exact) mass is 849 g/mol. The maximum Gasteiger partial charge on any atom is 0.127 e. The summed E-state index contributed by atoms with van der Waals surface area (Å²) < 4.78 is 6.22. The minimum Gasteiger partial charge on any atom is -0.476 e. The summed E-state index contributed by atoms with van der Waals surface area (Å²) in [5.74, 6) is 0.869. The Labute approximate surface area is 311 Å². The SMILES string of the molecule is C[Si](C)(C)c1cnc(-c2[c-]cccc2)cc1CC1CCCCC1.Cc1ccc(-c2ccccc2)c2c1oc1[c-]c(-c3ccccn3)ccc12.[Ir]. The van der Waals surface area contributed by atoms with Crippen molar-refractivity contribution in [3.63, 3.8) is 0 Å². The molecule has 0 atom stereocenters. The molecule has 7 aromatic rings. The molecular formula is C45H44IrN2OSi-2. The van der Waals surface area contributed by atoms with Gasteiger partial charge in [-0.1, -0.05) is 129 Å². The van der Waals surface area contributed by atoms with Crippen LogP contribution in [0.15, 0.2) is 120 Å². The summed E-state index contributed by atoms with van der Waals surface area (Å²) >= 11 is 0. The first kappa shape index (κ1) is 35.7. The van der Waals surface area contributed by atoms with Crippen LogP contribution in [0.25, 0.3) is 55.6 Å². The van der Waals surface area contributed by atoms with Crippen LogP contribution in [0, 0.1) is 25.0 Å². The molecule has 8 rings (SSSR count). The van der Waals surface area contributed by atoms with Gasteiger partial charge in [0.15, 0.2) is 0 Å². The van der Waals surface area contributed by atoms with Gasteiger partial charge in [0.2, 0.25) is 0 Å². The average molecular weight is 849 g/mol. The number of benzene rings is 4. The fourth-order valence-corrected chi connectivity index (χ4v) is 8.80. The van der Waals surface area contributed by atoms with Crippen molar-refractivity contribution >= 4 is 35.2 Å². The van der Waals surface area contributed by atoms with Crippen molar-refractivity contribution in [2.24, 2.45) is 5.92 Å². The van der Waals surface area contributed by atoms with E-state index in [1.165, 1.54) is 49.7 Å². The van der Waals surface area contributed by atoms with E-state index in [1.807, 2.05) is 36.4 Å². The van der Waals surface area contributed by atoms with Gasteiger partial charge >= 0.3 is 0 Å². The van der Waals surface area contributed by atoms with E-state index in [-0.39, 0.29) is 20.1 Å². The van der Waals surface area contributed by atoms with Crippen molar-refractivity contribution in [2.45, 2.75) is 65.1 Å². The Morgan fingerprint density at radius 1 is 0.780 bits per heavy atom. The van der Waals surface area contributed by atoms with Gasteiger partial charge in [0, 0.05) is 32.5 Å². The molecule has 0 spiro atoms. The summed E-state index contributed by atoms with van der Waals surface area (Å²) in [6.07, 6.45) is 12.3. The molecule has 1 aliphatic rings. The molecule has 4 aromatic carbocycles. The van der Waals surface area contributed by atoms with E-state index in [0.29, 0.717) is 0 Å². The minimum absolute atomic E-state index is 0. The summed E-state index contributed by atoms with van der Waals surface area (Å²) in [5, 5.41) is 3.78. The quantitative estimate of drug-likeness (QED) is 0.124. The predicted octanol–water partition coefficient (Wildman–Crippen LogP) is 11.6. The van der Waals surface area contributed by atoms with Gasteiger partial charge in [-0.2, -0.15) is 0 Å². The van der Waals surface area contributed by atoms with E-state index in [0.717, 1.165) is 55.9 Å². The Morgan fingerprint density at radius 3 is 2.28 bits per heavy atom. The second kappa shape index (κ2) is 15.8. The van der Waals surface area contributed by atoms with Gasteiger partial charge in [-0.05, 0) is 64.0 Å². The fraction of sp³-hybridized carbons (Fsp3) is 0.244. The minimum atomic E-state index is -1.36. The maximum absolute atomic E-state index is 6.22. The summed E-state index contributed by atoms with van der Waals surface area (Å²) in [7, 11) is -1.36. The molecule has 3 nitrogen and oxygen atoms in total. The number of nitrogens with zero attached hydrogens (tertiary/aromatic N) is 2. The van der Waals surface area contributed by atoms with E-state index >= 15 is 0 Å². The number of furan rings is 1. The second-order valence-electron chi connectivity index (χ2n) is 14.4. The zero-order valence-electron chi connectivity index (χ0n) is 29.4. The van der Waals surface area contributed by atoms with Crippen molar-refractivity contribution < 1.29 is 24.5 Å². The molecule has 0 aliphatic heterocycles. The van der Waals surface area contributed by atoms with Gasteiger partial charge < -0.3 is 14.4 Å². The summed E-state index contributed by atoms with van der Waals surface area (Å²) in [6, 6.07) is 42.1.